The second-order valence-corrected chi connectivity index (χ2v) is 12.3. The Morgan fingerprint density at radius 3 is 1.54 bits per heavy atom. The second kappa shape index (κ2) is 11.3. The van der Waals surface area contributed by atoms with E-state index in [1.54, 1.807) is 0 Å². The molecule has 0 amide bonds. The van der Waals surface area contributed by atoms with Crippen LogP contribution in [0.2, 0.25) is 0 Å². The van der Waals surface area contributed by atoms with Crippen LogP contribution in [0.1, 0.15) is 0 Å². The Hall–Kier alpha value is -6.99. The molecule has 7 nitrogen and oxygen atoms in total. The molecule has 0 N–H and O–H groups in total. The molecule has 0 saturated carbocycles. The third kappa shape index (κ3) is 4.41. The predicted molar refractivity (Wildman–Crippen MR) is 200 cm³/mol. The van der Waals surface area contributed by atoms with E-state index in [4.69, 9.17) is 15.0 Å². The summed E-state index contributed by atoms with van der Waals surface area (Å²) in [5, 5.41) is 13.2. The van der Waals surface area contributed by atoms with Gasteiger partial charge in [-0.15, -0.1) is 0 Å². The summed E-state index contributed by atoms with van der Waals surface area (Å²) >= 11 is 0. The van der Waals surface area contributed by atoms with Crippen LogP contribution in [0.15, 0.2) is 164 Å². The molecule has 4 aromatic heterocycles. The van der Waals surface area contributed by atoms with E-state index in [-0.39, 0.29) is 0 Å². The van der Waals surface area contributed by atoms with Crippen molar-refractivity contribution in [3.8, 4) is 45.5 Å². The molecule has 10 rings (SSSR count). The van der Waals surface area contributed by atoms with Gasteiger partial charge in [0, 0.05) is 49.6 Å². The van der Waals surface area contributed by atoms with Gasteiger partial charge in [-0.1, -0.05) is 103 Å². The lowest BCUT2D eigenvalue weighted by molar-refractivity contribution is 1.04. The molecule has 6 aromatic carbocycles. The molecule has 7 heteroatoms. The SMILES string of the molecule is c1ccc(-c2nc(-c3ccccc3)nc(-c3ccc(-n4c5cnncc5c5ccc6c(c7ccccc7n6-c6ccccc6)c54)cc3)n2)cc1. The fourth-order valence-electron chi connectivity index (χ4n) is 7.13. The molecule has 50 heavy (non-hydrogen) atoms. The molecule has 234 valence electrons. The van der Waals surface area contributed by atoms with Gasteiger partial charge in [-0.3, -0.25) is 0 Å². The van der Waals surface area contributed by atoms with Crippen LogP contribution in [0, 0.1) is 0 Å². The first-order valence-electron chi connectivity index (χ1n) is 16.5. The quantitative estimate of drug-likeness (QED) is 0.187. The molecular formula is C43H27N7. The lowest BCUT2D eigenvalue weighted by Gasteiger charge is -2.11. The van der Waals surface area contributed by atoms with Gasteiger partial charge in [0.1, 0.15) is 0 Å². The number of hydrogen-bond acceptors (Lipinski definition) is 5. The highest BCUT2D eigenvalue weighted by atomic mass is 15.1. The molecule has 0 aliphatic heterocycles. The van der Waals surface area contributed by atoms with Crippen molar-refractivity contribution in [2.24, 2.45) is 0 Å². The normalized spacial score (nSPS) is 11.6. The summed E-state index contributed by atoms with van der Waals surface area (Å²) < 4.78 is 4.66. The van der Waals surface area contributed by atoms with Crippen molar-refractivity contribution in [1.82, 2.24) is 34.3 Å². The lowest BCUT2D eigenvalue weighted by atomic mass is 10.1. The highest BCUT2D eigenvalue weighted by molar-refractivity contribution is 6.26. The Morgan fingerprint density at radius 2 is 0.880 bits per heavy atom. The van der Waals surface area contributed by atoms with E-state index in [1.807, 2.05) is 73.1 Å². The van der Waals surface area contributed by atoms with Crippen LogP contribution in [-0.2, 0) is 0 Å². The largest absolute Gasteiger partial charge is 0.309 e. The molecule has 0 atom stereocenters. The lowest BCUT2D eigenvalue weighted by Crippen LogP contribution is -2.00. The van der Waals surface area contributed by atoms with Gasteiger partial charge in [0.25, 0.3) is 0 Å². The van der Waals surface area contributed by atoms with Crippen LogP contribution in [0.25, 0.3) is 89.2 Å². The van der Waals surface area contributed by atoms with Crippen molar-refractivity contribution in [3.63, 3.8) is 0 Å². The van der Waals surface area contributed by atoms with E-state index in [1.165, 1.54) is 10.8 Å². The summed E-state index contributed by atoms with van der Waals surface area (Å²) in [4.78, 5) is 14.8. The predicted octanol–water partition coefficient (Wildman–Crippen LogP) is 9.86. The maximum atomic E-state index is 4.95. The third-order valence-corrected chi connectivity index (χ3v) is 9.37. The first-order chi connectivity index (χ1) is 24.8. The standard InChI is InChI=1S/C43H27N7/c1-4-12-28(13-5-1)41-46-42(29-14-6-2-7-15-29)48-43(47-41)30-20-22-32(23-21-30)50-38-27-45-44-26-35(38)33-24-25-37-39(40(33)50)34-18-10-11-19-36(34)49(37)31-16-8-3-9-17-31/h1-27H. The summed E-state index contributed by atoms with van der Waals surface area (Å²) in [6, 6.07) is 52.2. The van der Waals surface area contributed by atoms with E-state index in [2.05, 4.69) is 110 Å². The van der Waals surface area contributed by atoms with E-state index >= 15 is 0 Å². The van der Waals surface area contributed by atoms with Crippen molar-refractivity contribution < 1.29 is 0 Å². The van der Waals surface area contributed by atoms with Crippen LogP contribution in [-0.4, -0.2) is 34.3 Å². The summed E-state index contributed by atoms with van der Waals surface area (Å²) in [7, 11) is 0. The topological polar surface area (TPSA) is 74.3 Å². The summed E-state index contributed by atoms with van der Waals surface area (Å²) in [5.74, 6) is 1.89. The number of rotatable bonds is 5. The van der Waals surface area contributed by atoms with Gasteiger partial charge >= 0.3 is 0 Å². The van der Waals surface area contributed by atoms with E-state index in [0.29, 0.717) is 17.5 Å². The van der Waals surface area contributed by atoms with E-state index in [9.17, 15) is 0 Å². The van der Waals surface area contributed by atoms with Crippen LogP contribution >= 0.6 is 0 Å². The molecular weight excluding hydrogens is 615 g/mol. The fourth-order valence-corrected chi connectivity index (χ4v) is 7.13. The third-order valence-electron chi connectivity index (χ3n) is 9.37. The summed E-state index contributed by atoms with van der Waals surface area (Å²) in [5.41, 5.74) is 9.30. The van der Waals surface area contributed by atoms with Gasteiger partial charge in [-0.05, 0) is 48.5 Å². The average Bonchev–Trinajstić information content (AvgIpc) is 3.72. The molecule has 0 radical (unpaired) electrons. The molecule has 4 heterocycles. The maximum absolute atomic E-state index is 4.95. The summed E-state index contributed by atoms with van der Waals surface area (Å²) in [6.07, 6.45) is 3.72. The van der Waals surface area contributed by atoms with Crippen LogP contribution in [0.3, 0.4) is 0 Å². The van der Waals surface area contributed by atoms with Crippen molar-refractivity contribution in [3.05, 3.63) is 164 Å². The maximum Gasteiger partial charge on any atom is 0.164 e. The molecule has 0 fully saturated rings. The molecule has 0 unspecified atom stereocenters. The minimum atomic E-state index is 0.616. The minimum absolute atomic E-state index is 0.616. The van der Waals surface area contributed by atoms with Gasteiger partial charge in [0.05, 0.1) is 34.5 Å². The Morgan fingerprint density at radius 1 is 0.340 bits per heavy atom. The Kier molecular flexibility index (Phi) is 6.35. The Bertz CT molecular complexity index is 2780. The first-order valence-corrected chi connectivity index (χ1v) is 16.5. The van der Waals surface area contributed by atoms with Crippen LogP contribution in [0.4, 0.5) is 0 Å². The highest BCUT2D eigenvalue weighted by Crippen LogP contribution is 2.41. The molecule has 0 spiro atoms. The zero-order chi connectivity index (χ0) is 33.0. The van der Waals surface area contributed by atoms with Gasteiger partial charge in [0.2, 0.25) is 0 Å². The number of benzene rings is 6. The van der Waals surface area contributed by atoms with E-state index < -0.39 is 0 Å². The average molecular weight is 642 g/mol. The minimum Gasteiger partial charge on any atom is -0.309 e. The second-order valence-electron chi connectivity index (χ2n) is 12.3. The number of hydrogen-bond donors (Lipinski definition) is 0. The zero-order valence-corrected chi connectivity index (χ0v) is 26.7. The number of para-hydroxylation sites is 2. The van der Waals surface area contributed by atoms with Gasteiger partial charge in [0.15, 0.2) is 17.5 Å². The van der Waals surface area contributed by atoms with Gasteiger partial charge < -0.3 is 9.13 Å². The van der Waals surface area contributed by atoms with Crippen LogP contribution in [0.5, 0.6) is 0 Å². The Labute approximate surface area is 286 Å². The molecule has 0 bridgehead atoms. The van der Waals surface area contributed by atoms with Crippen molar-refractivity contribution >= 4 is 43.6 Å². The number of aromatic nitrogens is 7. The zero-order valence-electron chi connectivity index (χ0n) is 26.7. The van der Waals surface area contributed by atoms with Crippen molar-refractivity contribution in [1.29, 1.82) is 0 Å². The van der Waals surface area contributed by atoms with Gasteiger partial charge in [-0.2, -0.15) is 10.2 Å². The molecule has 0 aliphatic carbocycles. The van der Waals surface area contributed by atoms with E-state index in [0.717, 1.165) is 60.9 Å². The number of fused-ring (bicyclic) bond motifs is 7. The van der Waals surface area contributed by atoms with Crippen molar-refractivity contribution in [2.75, 3.05) is 0 Å². The van der Waals surface area contributed by atoms with Crippen LogP contribution < -0.4 is 0 Å². The van der Waals surface area contributed by atoms with Crippen molar-refractivity contribution in [2.45, 2.75) is 0 Å². The Balaban J connectivity index is 1.20. The monoisotopic (exact) mass is 641 g/mol. The molecule has 10 aromatic rings. The fraction of sp³-hybridized carbons (Fsp3) is 0. The smallest absolute Gasteiger partial charge is 0.164 e. The summed E-state index contributed by atoms with van der Waals surface area (Å²) in [6.45, 7) is 0. The first kappa shape index (κ1) is 28.1. The molecule has 0 saturated heterocycles. The van der Waals surface area contributed by atoms with Gasteiger partial charge in [-0.25, -0.2) is 15.0 Å². The number of nitrogens with zero attached hydrogens (tertiary/aromatic N) is 7. The molecule has 0 aliphatic rings. The highest BCUT2D eigenvalue weighted by Gasteiger charge is 2.21.